The molecule has 0 fully saturated rings. The smallest absolute Gasteiger partial charge is 0.449 e. The first-order valence-electron chi connectivity index (χ1n) is 10.4. The van der Waals surface area contributed by atoms with Crippen LogP contribution in [0, 0.1) is 0 Å². The third-order valence-electron chi connectivity index (χ3n) is 5.55. The molecule has 1 unspecified atom stereocenters. The largest absolute Gasteiger partial charge is 0.573 e. The molecule has 2 N–H and O–H groups in total. The van der Waals surface area contributed by atoms with Crippen LogP contribution in [0.1, 0.15) is 35.1 Å². The summed E-state index contributed by atoms with van der Waals surface area (Å²) in [7, 11) is 0. The van der Waals surface area contributed by atoms with Gasteiger partial charge in [-0.15, -0.1) is 13.2 Å². The first-order valence-corrected chi connectivity index (χ1v) is 10.4. The van der Waals surface area contributed by atoms with Crippen LogP contribution in [0.4, 0.5) is 18.0 Å². The van der Waals surface area contributed by atoms with Gasteiger partial charge in [0.15, 0.2) is 0 Å². The average molecular weight is 457 g/mol. The molecule has 0 aromatic heterocycles. The van der Waals surface area contributed by atoms with E-state index in [1.165, 1.54) is 18.2 Å². The fourth-order valence-electron chi connectivity index (χ4n) is 4.16. The highest BCUT2D eigenvalue weighted by Crippen LogP contribution is 2.44. The second-order valence-electron chi connectivity index (χ2n) is 7.66. The Hall–Kier alpha value is -3.52. The Labute approximate surface area is 188 Å². The quantitative estimate of drug-likeness (QED) is 0.488. The van der Waals surface area contributed by atoms with Crippen LogP contribution >= 0.6 is 0 Å². The lowest BCUT2D eigenvalue weighted by Crippen LogP contribution is -2.31. The molecular weight excluding hydrogens is 435 g/mol. The Kier molecular flexibility index (Phi) is 6.55. The molecule has 0 radical (unpaired) electrons. The molecule has 0 bridgehead atoms. The van der Waals surface area contributed by atoms with Crippen LogP contribution in [0.25, 0.3) is 11.1 Å². The zero-order valence-electron chi connectivity index (χ0n) is 17.5. The molecule has 4 rings (SSSR count). The Morgan fingerprint density at radius 3 is 2.21 bits per heavy atom. The minimum Gasteiger partial charge on any atom is -0.449 e. The van der Waals surface area contributed by atoms with Gasteiger partial charge >= 0.3 is 12.5 Å². The van der Waals surface area contributed by atoms with Gasteiger partial charge in [0.05, 0.1) is 6.04 Å². The second-order valence-corrected chi connectivity index (χ2v) is 7.66. The number of aliphatic hydroxyl groups is 1. The number of nitrogens with one attached hydrogen (secondary N) is 1. The first kappa shape index (κ1) is 22.7. The lowest BCUT2D eigenvalue weighted by molar-refractivity contribution is -0.274. The number of benzene rings is 3. The molecule has 0 spiro atoms. The van der Waals surface area contributed by atoms with Gasteiger partial charge in [-0.25, -0.2) is 4.79 Å². The van der Waals surface area contributed by atoms with Gasteiger partial charge in [0, 0.05) is 12.5 Å². The van der Waals surface area contributed by atoms with Crippen molar-refractivity contribution in [3.8, 4) is 16.9 Å². The summed E-state index contributed by atoms with van der Waals surface area (Å²) in [5.41, 5.74) is 4.69. The predicted octanol–water partition coefficient (Wildman–Crippen LogP) is 5.55. The molecule has 1 aliphatic carbocycles. The summed E-state index contributed by atoms with van der Waals surface area (Å²) in [6, 6.07) is 20.4. The van der Waals surface area contributed by atoms with E-state index in [0.29, 0.717) is 5.56 Å². The first-order chi connectivity index (χ1) is 15.9. The molecule has 0 aliphatic heterocycles. The zero-order valence-corrected chi connectivity index (χ0v) is 17.5. The number of fused-ring (bicyclic) bond motifs is 3. The molecule has 1 aliphatic rings. The topological polar surface area (TPSA) is 67.8 Å². The van der Waals surface area contributed by atoms with Crippen LogP contribution in [-0.4, -0.2) is 30.8 Å². The molecule has 33 heavy (non-hydrogen) atoms. The molecule has 3 aromatic carbocycles. The maximum absolute atomic E-state index is 12.6. The molecule has 1 amide bonds. The Bertz CT molecular complexity index is 1090. The van der Waals surface area contributed by atoms with Crippen molar-refractivity contribution in [3.63, 3.8) is 0 Å². The average Bonchev–Trinajstić information content (AvgIpc) is 3.10. The number of carbonyl (C=O) groups is 1. The number of aliphatic hydroxyl groups excluding tert-OH is 1. The van der Waals surface area contributed by atoms with Gasteiger partial charge in [-0.05, 0) is 46.4 Å². The van der Waals surface area contributed by atoms with Crippen LogP contribution in [0.2, 0.25) is 0 Å². The maximum Gasteiger partial charge on any atom is 0.573 e. The van der Waals surface area contributed by atoms with Crippen LogP contribution in [0.15, 0.2) is 72.8 Å². The van der Waals surface area contributed by atoms with E-state index in [1.807, 2.05) is 48.5 Å². The van der Waals surface area contributed by atoms with Gasteiger partial charge in [0.25, 0.3) is 0 Å². The summed E-state index contributed by atoms with van der Waals surface area (Å²) < 4.78 is 47.1. The van der Waals surface area contributed by atoms with Crippen LogP contribution in [0.3, 0.4) is 0 Å². The van der Waals surface area contributed by atoms with Gasteiger partial charge in [-0.3, -0.25) is 0 Å². The second kappa shape index (κ2) is 9.54. The fraction of sp³-hybridized carbons (Fsp3) is 0.240. The van der Waals surface area contributed by atoms with Crippen molar-refractivity contribution in [1.82, 2.24) is 5.32 Å². The van der Waals surface area contributed by atoms with Crippen molar-refractivity contribution < 1.29 is 32.5 Å². The van der Waals surface area contributed by atoms with E-state index >= 15 is 0 Å². The number of carbonyl (C=O) groups excluding carboxylic acids is 1. The summed E-state index contributed by atoms with van der Waals surface area (Å²) in [6.07, 6.45) is -5.46. The molecule has 5 nitrogen and oxygen atoms in total. The predicted molar refractivity (Wildman–Crippen MR) is 116 cm³/mol. The van der Waals surface area contributed by atoms with E-state index in [4.69, 9.17) is 4.74 Å². The number of halogens is 3. The van der Waals surface area contributed by atoms with E-state index in [1.54, 1.807) is 6.07 Å². The third-order valence-corrected chi connectivity index (χ3v) is 5.55. The Morgan fingerprint density at radius 1 is 0.970 bits per heavy atom. The van der Waals surface area contributed by atoms with Crippen molar-refractivity contribution in [1.29, 1.82) is 0 Å². The van der Waals surface area contributed by atoms with E-state index in [0.717, 1.165) is 22.3 Å². The number of alkyl halides is 3. The number of hydrogen-bond donors (Lipinski definition) is 2. The molecule has 0 saturated carbocycles. The molecule has 0 saturated heterocycles. The van der Waals surface area contributed by atoms with Crippen molar-refractivity contribution in [2.24, 2.45) is 0 Å². The summed E-state index contributed by atoms with van der Waals surface area (Å²) in [5, 5.41) is 12.0. The normalized spacial score (nSPS) is 13.7. The van der Waals surface area contributed by atoms with E-state index < -0.39 is 24.2 Å². The Morgan fingerprint density at radius 2 is 1.61 bits per heavy atom. The minimum absolute atomic E-state index is 0.0969. The number of amides is 1. The number of ether oxygens (including phenoxy) is 2. The van der Waals surface area contributed by atoms with E-state index in [9.17, 15) is 23.1 Å². The Balaban J connectivity index is 1.45. The van der Waals surface area contributed by atoms with E-state index in [2.05, 4.69) is 10.1 Å². The van der Waals surface area contributed by atoms with Crippen LogP contribution < -0.4 is 10.1 Å². The molecule has 1 atom stereocenters. The summed E-state index contributed by atoms with van der Waals surface area (Å²) >= 11 is 0. The van der Waals surface area contributed by atoms with Crippen molar-refractivity contribution in [3.05, 3.63) is 89.5 Å². The lowest BCUT2D eigenvalue weighted by Gasteiger charge is -2.20. The number of hydrogen-bond acceptors (Lipinski definition) is 4. The van der Waals surface area contributed by atoms with Gasteiger partial charge in [-0.2, -0.15) is 0 Å². The molecule has 3 aromatic rings. The van der Waals surface area contributed by atoms with Crippen molar-refractivity contribution in [2.45, 2.75) is 24.7 Å². The fourth-order valence-corrected chi connectivity index (χ4v) is 4.16. The monoisotopic (exact) mass is 457 g/mol. The summed E-state index contributed by atoms with van der Waals surface area (Å²) in [5.74, 6) is -0.528. The highest BCUT2D eigenvalue weighted by atomic mass is 19.4. The van der Waals surface area contributed by atoms with Gasteiger partial charge in [-0.1, -0.05) is 60.7 Å². The lowest BCUT2D eigenvalue weighted by atomic mass is 9.98. The van der Waals surface area contributed by atoms with Crippen molar-refractivity contribution in [2.75, 3.05) is 13.2 Å². The summed E-state index contributed by atoms with van der Waals surface area (Å²) in [4.78, 5) is 12.6. The SMILES string of the molecule is O=C(NC(CCO)c1cccc(OC(F)(F)F)c1)OCC1c2ccccc2-c2ccccc21. The number of rotatable bonds is 7. The minimum atomic E-state index is -4.83. The van der Waals surface area contributed by atoms with Crippen molar-refractivity contribution >= 4 is 6.09 Å². The molecule has 0 heterocycles. The molecule has 172 valence electrons. The standard InChI is InChI=1S/C25H22F3NO4/c26-25(27,28)33-17-7-5-6-16(14-17)23(12-13-30)29-24(31)32-15-22-20-10-3-1-8-18(20)19-9-2-4-11-21(19)22/h1-11,14,22-23,30H,12-13,15H2,(H,29,31). The highest BCUT2D eigenvalue weighted by molar-refractivity contribution is 5.79. The molecule has 8 heteroatoms. The number of alkyl carbamates (subject to hydrolysis) is 1. The van der Waals surface area contributed by atoms with Gasteiger partial charge in [0.1, 0.15) is 12.4 Å². The third kappa shape index (κ3) is 5.28. The summed E-state index contributed by atoms with van der Waals surface area (Å²) in [6.45, 7) is -0.179. The zero-order chi connectivity index (χ0) is 23.4. The maximum atomic E-state index is 12.6. The van der Waals surface area contributed by atoms with Gasteiger partial charge < -0.3 is 19.9 Å². The van der Waals surface area contributed by atoms with Crippen LogP contribution in [0.5, 0.6) is 5.75 Å². The van der Waals surface area contributed by atoms with Crippen LogP contribution in [-0.2, 0) is 4.74 Å². The van der Waals surface area contributed by atoms with Gasteiger partial charge in [0.2, 0.25) is 0 Å². The van der Waals surface area contributed by atoms with E-state index in [-0.39, 0.29) is 25.6 Å². The highest BCUT2D eigenvalue weighted by Gasteiger charge is 2.32. The molecular formula is C25H22F3NO4.